The Morgan fingerprint density at radius 2 is 1.56 bits per heavy atom. The van der Waals surface area contributed by atoms with Gasteiger partial charge in [0.25, 0.3) is 5.91 Å². The van der Waals surface area contributed by atoms with Gasteiger partial charge in [-0.15, -0.1) is 0 Å². The van der Waals surface area contributed by atoms with Crippen molar-refractivity contribution in [1.82, 2.24) is 24.4 Å². The Morgan fingerprint density at radius 1 is 0.976 bits per heavy atom. The van der Waals surface area contributed by atoms with Crippen molar-refractivity contribution >= 4 is 11.6 Å². The van der Waals surface area contributed by atoms with E-state index >= 15 is 0 Å². The van der Waals surface area contributed by atoms with Gasteiger partial charge < -0.3 is 19.5 Å². The standard InChI is InChI=1S/C29H30F3N5O4/c1-18-25(20-6-10-22(41-3)11-7-20)34-27-23(16-33-37(27)26(18)29(30,31)32)28(39)36-14-12-35(13-15-36)24(17-38)19-4-8-21(40-2)9-5-19/h4-11,16,24,38H,12-15,17H2,1-3H3/t24-/m0/s1. The van der Waals surface area contributed by atoms with E-state index in [0.29, 0.717) is 47.8 Å². The molecule has 1 saturated heterocycles. The molecule has 0 spiro atoms. The highest BCUT2D eigenvalue weighted by molar-refractivity contribution is 6.00. The SMILES string of the molecule is COc1ccc(-c2nc3c(C(=O)N4CCN([C@@H](CO)c5ccc(OC)cc5)CC4)cnn3c(C(F)(F)F)c2C)cc1. The summed E-state index contributed by atoms with van der Waals surface area (Å²) >= 11 is 0. The van der Waals surface area contributed by atoms with Crippen LogP contribution < -0.4 is 9.47 Å². The maximum absolute atomic E-state index is 14.3. The number of aliphatic hydroxyl groups is 1. The zero-order chi connectivity index (χ0) is 29.3. The van der Waals surface area contributed by atoms with Gasteiger partial charge in [0.05, 0.1) is 38.8 Å². The molecule has 5 rings (SSSR count). The molecule has 1 atom stereocenters. The third-order valence-electron chi connectivity index (χ3n) is 7.46. The summed E-state index contributed by atoms with van der Waals surface area (Å²) in [6.45, 7) is 2.83. The molecule has 216 valence electrons. The van der Waals surface area contributed by atoms with E-state index in [2.05, 4.69) is 15.0 Å². The predicted octanol–water partition coefficient (Wildman–Crippen LogP) is 4.23. The van der Waals surface area contributed by atoms with Gasteiger partial charge in [-0.2, -0.15) is 18.3 Å². The monoisotopic (exact) mass is 569 g/mol. The highest BCUT2D eigenvalue weighted by Crippen LogP contribution is 2.37. The van der Waals surface area contributed by atoms with Crippen LogP contribution in [0.4, 0.5) is 13.2 Å². The van der Waals surface area contributed by atoms with Crippen LogP contribution in [0.2, 0.25) is 0 Å². The summed E-state index contributed by atoms with van der Waals surface area (Å²) in [5, 5.41) is 14.0. The number of ether oxygens (including phenoxy) is 2. The zero-order valence-corrected chi connectivity index (χ0v) is 22.9. The number of hydrogen-bond donors (Lipinski definition) is 1. The lowest BCUT2D eigenvalue weighted by atomic mass is 10.0. The number of halogens is 3. The third kappa shape index (κ3) is 5.44. The first-order chi connectivity index (χ1) is 19.7. The van der Waals surface area contributed by atoms with Crippen LogP contribution in [-0.2, 0) is 6.18 Å². The fourth-order valence-electron chi connectivity index (χ4n) is 5.25. The Balaban J connectivity index is 1.43. The molecule has 0 saturated carbocycles. The molecule has 1 aliphatic rings. The average Bonchev–Trinajstić information content (AvgIpc) is 3.40. The van der Waals surface area contributed by atoms with Gasteiger partial charge in [0.2, 0.25) is 0 Å². The van der Waals surface area contributed by atoms with E-state index in [4.69, 9.17) is 9.47 Å². The number of aromatic nitrogens is 3. The van der Waals surface area contributed by atoms with Gasteiger partial charge in [0.1, 0.15) is 17.1 Å². The van der Waals surface area contributed by atoms with Gasteiger partial charge in [-0.1, -0.05) is 12.1 Å². The Kier molecular flexibility index (Phi) is 7.87. The van der Waals surface area contributed by atoms with Gasteiger partial charge in [-0.05, 0) is 48.9 Å². The Hall–Kier alpha value is -4.16. The van der Waals surface area contributed by atoms with Crippen LogP contribution >= 0.6 is 0 Å². The molecule has 0 unspecified atom stereocenters. The van der Waals surface area contributed by atoms with Crippen molar-refractivity contribution in [2.45, 2.75) is 19.1 Å². The van der Waals surface area contributed by atoms with E-state index in [1.165, 1.54) is 14.0 Å². The number of hydrogen-bond acceptors (Lipinski definition) is 7. The second-order valence-corrected chi connectivity index (χ2v) is 9.75. The first kappa shape index (κ1) is 28.4. The molecule has 2 aromatic carbocycles. The molecule has 1 aliphatic heterocycles. The minimum Gasteiger partial charge on any atom is -0.497 e. The number of carbonyl (C=O) groups excluding carboxylic acids is 1. The van der Waals surface area contributed by atoms with E-state index in [-0.39, 0.29) is 35.1 Å². The minimum atomic E-state index is -4.73. The normalized spacial score (nSPS) is 15.2. The molecule has 4 aromatic rings. The molecule has 0 bridgehead atoms. The number of carbonyl (C=O) groups is 1. The van der Waals surface area contributed by atoms with Crippen LogP contribution in [-0.4, -0.2) is 82.4 Å². The van der Waals surface area contributed by atoms with Gasteiger partial charge in [-0.25, -0.2) is 9.50 Å². The Labute approximate surface area is 234 Å². The third-order valence-corrected chi connectivity index (χ3v) is 7.46. The summed E-state index contributed by atoms with van der Waals surface area (Å²) in [7, 11) is 3.08. The second kappa shape index (κ2) is 11.4. The zero-order valence-electron chi connectivity index (χ0n) is 22.9. The summed E-state index contributed by atoms with van der Waals surface area (Å²) in [6.07, 6.45) is -3.58. The molecule has 1 amide bonds. The summed E-state index contributed by atoms with van der Waals surface area (Å²) < 4.78 is 53.8. The molecule has 2 aromatic heterocycles. The first-order valence-electron chi connectivity index (χ1n) is 13.0. The van der Waals surface area contributed by atoms with Crippen LogP contribution in [0.1, 0.15) is 33.2 Å². The second-order valence-electron chi connectivity index (χ2n) is 9.75. The number of methoxy groups -OCH3 is 2. The van der Waals surface area contributed by atoms with Crippen LogP contribution in [0.3, 0.4) is 0 Å². The van der Waals surface area contributed by atoms with E-state index < -0.39 is 17.8 Å². The predicted molar refractivity (Wildman–Crippen MR) is 145 cm³/mol. The molecule has 0 aliphatic carbocycles. The fraction of sp³-hybridized carbons (Fsp3) is 0.345. The number of piperazine rings is 1. The molecule has 1 N–H and O–H groups in total. The van der Waals surface area contributed by atoms with Crippen molar-refractivity contribution in [2.24, 2.45) is 0 Å². The maximum atomic E-state index is 14.3. The highest BCUT2D eigenvalue weighted by Gasteiger charge is 2.39. The summed E-state index contributed by atoms with van der Waals surface area (Å²) in [6, 6.07) is 13.7. The van der Waals surface area contributed by atoms with Gasteiger partial charge in [0, 0.05) is 37.3 Å². The van der Waals surface area contributed by atoms with Gasteiger partial charge in [-0.3, -0.25) is 9.69 Å². The van der Waals surface area contributed by atoms with Crippen LogP contribution in [0.15, 0.2) is 54.7 Å². The lowest BCUT2D eigenvalue weighted by molar-refractivity contribution is -0.143. The van der Waals surface area contributed by atoms with Crippen molar-refractivity contribution in [3.8, 4) is 22.8 Å². The Morgan fingerprint density at radius 3 is 2.10 bits per heavy atom. The quantitative estimate of drug-likeness (QED) is 0.356. The van der Waals surface area contributed by atoms with E-state index in [9.17, 15) is 23.1 Å². The topological polar surface area (TPSA) is 92.4 Å². The largest absolute Gasteiger partial charge is 0.497 e. The molecule has 1 fully saturated rings. The average molecular weight is 570 g/mol. The number of benzene rings is 2. The first-order valence-corrected chi connectivity index (χ1v) is 13.0. The number of amides is 1. The van der Waals surface area contributed by atoms with Crippen LogP contribution in [0, 0.1) is 6.92 Å². The van der Waals surface area contributed by atoms with E-state index in [0.717, 1.165) is 11.8 Å². The van der Waals surface area contributed by atoms with Crippen LogP contribution in [0.5, 0.6) is 11.5 Å². The number of nitrogens with zero attached hydrogens (tertiary/aromatic N) is 5. The number of rotatable bonds is 7. The van der Waals surface area contributed by atoms with Crippen molar-refractivity contribution in [2.75, 3.05) is 47.0 Å². The Bertz CT molecular complexity index is 1530. The van der Waals surface area contributed by atoms with Crippen molar-refractivity contribution in [3.63, 3.8) is 0 Å². The number of aliphatic hydroxyl groups excluding tert-OH is 1. The van der Waals surface area contributed by atoms with Crippen molar-refractivity contribution in [3.05, 3.63) is 77.1 Å². The lowest BCUT2D eigenvalue weighted by Gasteiger charge is -2.38. The number of alkyl halides is 3. The molecule has 0 radical (unpaired) electrons. The maximum Gasteiger partial charge on any atom is 0.433 e. The van der Waals surface area contributed by atoms with E-state index in [1.54, 1.807) is 36.3 Å². The van der Waals surface area contributed by atoms with Gasteiger partial charge in [0.15, 0.2) is 11.3 Å². The fourth-order valence-corrected chi connectivity index (χ4v) is 5.25. The summed E-state index contributed by atoms with van der Waals surface area (Å²) in [4.78, 5) is 21.8. The molecular weight excluding hydrogens is 539 g/mol. The van der Waals surface area contributed by atoms with Gasteiger partial charge >= 0.3 is 6.18 Å². The van der Waals surface area contributed by atoms with Crippen molar-refractivity contribution in [1.29, 1.82) is 0 Å². The molecule has 41 heavy (non-hydrogen) atoms. The van der Waals surface area contributed by atoms with Crippen molar-refractivity contribution < 1.29 is 32.5 Å². The molecular formula is C29H30F3N5O4. The van der Waals surface area contributed by atoms with Crippen LogP contribution in [0.25, 0.3) is 16.9 Å². The van der Waals surface area contributed by atoms with E-state index in [1.807, 2.05) is 24.3 Å². The summed E-state index contributed by atoms with van der Waals surface area (Å²) in [5.41, 5.74) is 0.235. The molecule has 9 nitrogen and oxygen atoms in total. The summed E-state index contributed by atoms with van der Waals surface area (Å²) in [5.74, 6) is 0.815. The smallest absolute Gasteiger partial charge is 0.433 e. The molecule has 12 heteroatoms. The highest BCUT2D eigenvalue weighted by atomic mass is 19.4. The molecule has 3 heterocycles. The number of fused-ring (bicyclic) bond motifs is 1. The lowest BCUT2D eigenvalue weighted by Crippen LogP contribution is -2.50. The minimum absolute atomic E-state index is 0.00688.